The molecule has 0 heterocycles. The van der Waals surface area contributed by atoms with Crippen LogP contribution >= 0.6 is 0 Å². The summed E-state index contributed by atoms with van der Waals surface area (Å²) in [5, 5.41) is 32.9. The van der Waals surface area contributed by atoms with E-state index in [4.69, 9.17) is 0 Å². The number of rotatable bonds is 5. The maximum atomic E-state index is 11.2. The highest BCUT2D eigenvalue weighted by molar-refractivity contribution is 5.39. The van der Waals surface area contributed by atoms with Gasteiger partial charge in [-0.05, 0) is 102 Å². The van der Waals surface area contributed by atoms with Gasteiger partial charge in [-0.1, -0.05) is 73.1 Å². The lowest BCUT2D eigenvalue weighted by Crippen LogP contribution is -2.55. The van der Waals surface area contributed by atoms with E-state index in [2.05, 4.69) is 48.1 Å². The molecule has 0 aliphatic heterocycles. The number of allylic oxidation sites excluding steroid dienone is 2. The van der Waals surface area contributed by atoms with E-state index in [9.17, 15) is 15.3 Å². The van der Waals surface area contributed by atoms with Gasteiger partial charge in [0.05, 0.1) is 12.2 Å². The second-order valence-electron chi connectivity index (χ2n) is 14.3. The molecule has 194 valence electrons. The van der Waals surface area contributed by atoms with Crippen molar-refractivity contribution in [1.82, 2.24) is 0 Å². The minimum Gasteiger partial charge on any atom is -0.393 e. The van der Waals surface area contributed by atoms with Crippen molar-refractivity contribution in [3.63, 3.8) is 0 Å². The summed E-state index contributed by atoms with van der Waals surface area (Å²) in [6, 6.07) is 0. The molecule has 0 aromatic heterocycles. The molecule has 2 fully saturated rings. The number of hydrogen-bond acceptors (Lipinski definition) is 3. The number of hydrogen-bond donors (Lipinski definition) is 3. The van der Waals surface area contributed by atoms with Crippen molar-refractivity contribution >= 4 is 0 Å². The van der Waals surface area contributed by atoms with Crippen molar-refractivity contribution in [2.75, 3.05) is 0 Å². The molecular weight excluding hydrogens is 420 g/mol. The molecule has 4 aliphatic rings. The maximum Gasteiger partial charge on any atom is 0.101 e. The molecular formula is C31H52O3. The smallest absolute Gasteiger partial charge is 0.101 e. The predicted molar refractivity (Wildman–Crippen MR) is 140 cm³/mol. The van der Waals surface area contributed by atoms with Crippen LogP contribution in [0.2, 0.25) is 0 Å². The van der Waals surface area contributed by atoms with Crippen LogP contribution in [0.15, 0.2) is 23.3 Å². The van der Waals surface area contributed by atoms with Crippen LogP contribution in [0.5, 0.6) is 0 Å². The molecule has 0 spiro atoms. The van der Waals surface area contributed by atoms with Gasteiger partial charge in [0, 0.05) is 0 Å². The first-order valence-electron chi connectivity index (χ1n) is 14.1. The zero-order valence-electron chi connectivity index (χ0n) is 23.2. The first-order valence-corrected chi connectivity index (χ1v) is 14.1. The molecule has 0 saturated heterocycles. The van der Waals surface area contributed by atoms with Crippen LogP contribution in [-0.4, -0.2) is 33.6 Å². The molecule has 3 nitrogen and oxygen atoms in total. The highest BCUT2D eigenvalue weighted by atomic mass is 16.3. The third kappa shape index (κ3) is 3.46. The van der Waals surface area contributed by atoms with E-state index in [0.717, 1.165) is 44.1 Å². The lowest BCUT2D eigenvalue weighted by Gasteiger charge is -2.62. The zero-order valence-corrected chi connectivity index (χ0v) is 23.2. The summed E-state index contributed by atoms with van der Waals surface area (Å²) in [5.41, 5.74) is 4.67. The van der Waals surface area contributed by atoms with Crippen molar-refractivity contribution in [2.45, 2.75) is 125 Å². The van der Waals surface area contributed by atoms with Crippen LogP contribution in [0.3, 0.4) is 0 Å². The lowest BCUT2D eigenvalue weighted by molar-refractivity contribution is -0.0981. The Balaban J connectivity index is 1.66. The van der Waals surface area contributed by atoms with Gasteiger partial charge in [0.15, 0.2) is 0 Å². The highest BCUT2D eigenvalue weighted by Crippen LogP contribution is 2.72. The van der Waals surface area contributed by atoms with Crippen molar-refractivity contribution in [2.24, 2.45) is 45.3 Å². The molecule has 0 amide bonds. The number of aliphatic hydroxyl groups excluding tert-OH is 3. The van der Waals surface area contributed by atoms with E-state index in [-0.39, 0.29) is 39.6 Å². The summed E-state index contributed by atoms with van der Waals surface area (Å²) < 4.78 is 0. The van der Waals surface area contributed by atoms with Crippen LogP contribution in [0.4, 0.5) is 0 Å². The van der Waals surface area contributed by atoms with Gasteiger partial charge in [-0.25, -0.2) is 0 Å². The van der Waals surface area contributed by atoms with E-state index in [1.165, 1.54) is 12.8 Å². The van der Waals surface area contributed by atoms with Gasteiger partial charge in [0.1, 0.15) is 6.10 Å². The van der Waals surface area contributed by atoms with Gasteiger partial charge >= 0.3 is 0 Å². The van der Waals surface area contributed by atoms with Crippen molar-refractivity contribution < 1.29 is 15.3 Å². The average molecular weight is 473 g/mol. The van der Waals surface area contributed by atoms with E-state index < -0.39 is 12.2 Å². The van der Waals surface area contributed by atoms with Crippen molar-refractivity contribution in [3.8, 4) is 0 Å². The van der Waals surface area contributed by atoms with Gasteiger partial charge in [-0.2, -0.15) is 0 Å². The van der Waals surface area contributed by atoms with E-state index in [0.29, 0.717) is 11.8 Å². The van der Waals surface area contributed by atoms with Gasteiger partial charge in [-0.15, -0.1) is 0 Å². The molecule has 4 aliphatic carbocycles. The fraction of sp³-hybridized carbons (Fsp3) is 0.871. The van der Waals surface area contributed by atoms with E-state index >= 15 is 0 Å². The van der Waals surface area contributed by atoms with Gasteiger partial charge in [0.25, 0.3) is 0 Å². The summed E-state index contributed by atoms with van der Waals surface area (Å²) >= 11 is 0. The molecule has 3 N–H and O–H groups in total. The van der Waals surface area contributed by atoms with Crippen LogP contribution in [-0.2, 0) is 0 Å². The maximum absolute atomic E-state index is 11.2. The van der Waals surface area contributed by atoms with Crippen LogP contribution in [0.25, 0.3) is 0 Å². The Morgan fingerprint density at radius 1 is 0.882 bits per heavy atom. The third-order valence-electron chi connectivity index (χ3n) is 12.4. The topological polar surface area (TPSA) is 60.7 Å². The molecule has 0 aromatic carbocycles. The molecule has 34 heavy (non-hydrogen) atoms. The summed E-state index contributed by atoms with van der Waals surface area (Å²) in [5.74, 6) is 1.14. The highest BCUT2D eigenvalue weighted by Gasteiger charge is 2.63. The zero-order chi connectivity index (χ0) is 25.4. The van der Waals surface area contributed by atoms with Crippen LogP contribution < -0.4 is 0 Å². The quantitative estimate of drug-likeness (QED) is 0.392. The minimum atomic E-state index is -0.853. The Kier molecular flexibility index (Phi) is 6.57. The second-order valence-corrected chi connectivity index (χ2v) is 14.3. The number of aliphatic hydroxyl groups is 3. The summed E-state index contributed by atoms with van der Waals surface area (Å²) in [7, 11) is 0. The van der Waals surface area contributed by atoms with Crippen LogP contribution in [0.1, 0.15) is 107 Å². The Morgan fingerprint density at radius 2 is 1.53 bits per heavy atom. The van der Waals surface area contributed by atoms with E-state index in [1.807, 2.05) is 13.8 Å². The molecule has 4 rings (SSSR count). The summed E-state index contributed by atoms with van der Waals surface area (Å²) in [6.45, 7) is 22.4. The summed E-state index contributed by atoms with van der Waals surface area (Å²) in [6.07, 6.45) is 7.17. The monoisotopic (exact) mass is 472 g/mol. The Morgan fingerprint density at radius 3 is 2.15 bits per heavy atom. The summed E-state index contributed by atoms with van der Waals surface area (Å²) in [4.78, 5) is 0. The van der Waals surface area contributed by atoms with Gasteiger partial charge in [-0.3, -0.25) is 0 Å². The first-order chi connectivity index (χ1) is 15.6. The number of fused-ring (bicyclic) bond motifs is 4. The molecule has 0 aromatic rings. The van der Waals surface area contributed by atoms with Crippen LogP contribution in [0, 0.1) is 45.3 Å². The normalized spacial score (nSPS) is 44.2. The van der Waals surface area contributed by atoms with Gasteiger partial charge in [0.2, 0.25) is 0 Å². The molecule has 9 atom stereocenters. The Hall–Kier alpha value is -0.640. The molecule has 0 bridgehead atoms. The first kappa shape index (κ1) is 26.4. The largest absolute Gasteiger partial charge is 0.393 e. The SMILES string of the molecule is C=C(C(C)C)[C@H](O)[C@H](O)[C@@H](C)[C@H]1CC[C@@]2(C)C3=C(CC[C@]12C)[C@@]1(C)CC[C@H](O)C(C)(C)[C@@H]1CC3. The van der Waals surface area contributed by atoms with E-state index in [1.54, 1.807) is 11.1 Å². The standard InChI is InChI=1S/C31H52O3/c1-18(2)19(3)26(33)27(34)20(4)21-12-16-31(9)23-10-11-24-28(5,6)25(32)14-15-29(24,7)22(23)13-17-30(21,31)8/h18,20-21,24-27,32-34H,3,10-17H2,1-2,4-9H3/t20-,21+,24-,25-,26-,27+,29+,30+,31-/m0/s1. The molecule has 2 saturated carbocycles. The molecule has 0 radical (unpaired) electrons. The predicted octanol–water partition coefficient (Wildman–Crippen LogP) is 6.67. The van der Waals surface area contributed by atoms with Gasteiger partial charge < -0.3 is 15.3 Å². The Labute approximate surface area is 209 Å². The minimum absolute atomic E-state index is 0.0288. The van der Waals surface area contributed by atoms with Crippen molar-refractivity contribution in [1.29, 1.82) is 0 Å². The second kappa shape index (κ2) is 8.45. The average Bonchev–Trinajstić information content (AvgIpc) is 3.06. The lowest BCUT2D eigenvalue weighted by atomic mass is 9.43. The Bertz CT molecular complexity index is 855. The molecule has 3 heteroatoms. The fourth-order valence-corrected chi connectivity index (χ4v) is 9.65. The van der Waals surface area contributed by atoms with Crippen molar-refractivity contribution in [3.05, 3.63) is 23.3 Å². The fourth-order valence-electron chi connectivity index (χ4n) is 9.65. The molecule has 0 unspecified atom stereocenters. The third-order valence-corrected chi connectivity index (χ3v) is 12.4.